The van der Waals surface area contributed by atoms with Gasteiger partial charge in [0.15, 0.2) is 0 Å². The fourth-order valence-corrected chi connectivity index (χ4v) is 4.43. The van der Waals surface area contributed by atoms with Crippen LogP contribution in [0.2, 0.25) is 0 Å². The molecule has 28 heavy (non-hydrogen) atoms. The van der Waals surface area contributed by atoms with Crippen LogP contribution in [0, 0.1) is 5.92 Å². The lowest BCUT2D eigenvalue weighted by Gasteiger charge is -2.35. The molecule has 2 atom stereocenters. The third kappa shape index (κ3) is 5.33. The van der Waals surface area contributed by atoms with Crippen LogP contribution in [0.4, 0.5) is 0 Å². The first kappa shape index (κ1) is 20.4. The van der Waals surface area contributed by atoms with Crippen LogP contribution < -0.4 is 5.32 Å². The maximum Gasteiger partial charge on any atom is 0.326 e. The maximum atomic E-state index is 13.2. The summed E-state index contributed by atoms with van der Waals surface area (Å²) in [6.45, 7) is 0.430. The zero-order chi connectivity index (χ0) is 19.9. The molecule has 6 nitrogen and oxygen atoms in total. The van der Waals surface area contributed by atoms with Gasteiger partial charge in [0, 0.05) is 19.4 Å². The first-order chi connectivity index (χ1) is 13.5. The Morgan fingerprint density at radius 2 is 1.71 bits per heavy atom. The molecule has 2 amide bonds. The Morgan fingerprint density at radius 1 is 1.04 bits per heavy atom. The molecule has 1 heterocycles. The molecule has 1 saturated heterocycles. The Hall–Kier alpha value is -2.37. The van der Waals surface area contributed by atoms with Gasteiger partial charge in [-0.3, -0.25) is 9.59 Å². The van der Waals surface area contributed by atoms with E-state index in [2.05, 4.69) is 5.32 Å². The molecular weight excluding hydrogens is 356 g/mol. The van der Waals surface area contributed by atoms with Gasteiger partial charge >= 0.3 is 5.97 Å². The quantitative estimate of drug-likeness (QED) is 0.754. The van der Waals surface area contributed by atoms with E-state index in [-0.39, 0.29) is 11.8 Å². The van der Waals surface area contributed by atoms with Gasteiger partial charge in [-0.25, -0.2) is 4.79 Å². The summed E-state index contributed by atoms with van der Waals surface area (Å²) >= 11 is 0. The highest BCUT2D eigenvalue weighted by atomic mass is 16.4. The van der Waals surface area contributed by atoms with Crippen molar-refractivity contribution in [1.29, 1.82) is 0 Å². The highest BCUT2D eigenvalue weighted by Gasteiger charge is 2.36. The fraction of sp³-hybridized carbons (Fsp3) is 0.591. The van der Waals surface area contributed by atoms with Crippen LogP contribution in [0.15, 0.2) is 30.3 Å². The number of carboxylic acid groups (broad SMARTS) is 1. The fourth-order valence-electron chi connectivity index (χ4n) is 4.43. The van der Waals surface area contributed by atoms with Crippen molar-refractivity contribution < 1.29 is 19.5 Å². The molecule has 1 aromatic carbocycles. The number of benzene rings is 1. The predicted molar refractivity (Wildman–Crippen MR) is 106 cm³/mol. The first-order valence-electron chi connectivity index (χ1n) is 10.4. The zero-order valence-corrected chi connectivity index (χ0v) is 16.3. The molecule has 0 radical (unpaired) electrons. The molecule has 2 N–H and O–H groups in total. The Balaban J connectivity index is 1.73. The van der Waals surface area contributed by atoms with E-state index < -0.39 is 18.1 Å². The summed E-state index contributed by atoms with van der Waals surface area (Å²) in [5.41, 5.74) is 0.950. The van der Waals surface area contributed by atoms with Crippen LogP contribution in [0.5, 0.6) is 0 Å². The van der Waals surface area contributed by atoms with Crippen molar-refractivity contribution in [1.82, 2.24) is 10.2 Å². The number of carbonyl (C=O) groups excluding carboxylic acids is 2. The van der Waals surface area contributed by atoms with Crippen LogP contribution >= 0.6 is 0 Å². The minimum atomic E-state index is -0.969. The predicted octanol–water partition coefficient (Wildman–Crippen LogP) is 2.76. The minimum absolute atomic E-state index is 0.106. The van der Waals surface area contributed by atoms with Crippen molar-refractivity contribution in [3.8, 4) is 0 Å². The molecule has 1 aliphatic carbocycles. The Bertz CT molecular complexity index is 685. The summed E-state index contributed by atoms with van der Waals surface area (Å²) in [6, 6.07) is 8.03. The maximum absolute atomic E-state index is 13.2. The number of carboxylic acids is 1. The average molecular weight is 386 g/mol. The van der Waals surface area contributed by atoms with Gasteiger partial charge in [0.2, 0.25) is 11.8 Å². The highest BCUT2D eigenvalue weighted by Crippen LogP contribution is 2.27. The number of nitrogens with zero attached hydrogens (tertiary/aromatic N) is 1. The second-order valence-corrected chi connectivity index (χ2v) is 8.05. The zero-order valence-electron chi connectivity index (χ0n) is 16.3. The standard InChI is InChI=1S/C22H30N2O4/c25-20(15-17-10-4-5-11-17)23-18(14-16-8-2-1-3-9-16)21(26)24-13-7-6-12-19(24)22(27)28/h1-3,8-9,17-19H,4-7,10-15H2,(H,23,25)(H,27,28)/t18-,19?/m0/s1. The van der Waals surface area contributed by atoms with Crippen LogP contribution in [-0.2, 0) is 20.8 Å². The number of amides is 2. The molecule has 1 saturated carbocycles. The van der Waals surface area contributed by atoms with Gasteiger partial charge in [-0.2, -0.15) is 0 Å². The summed E-state index contributed by atoms with van der Waals surface area (Å²) < 4.78 is 0. The Kier molecular flexibility index (Phi) is 7.06. The van der Waals surface area contributed by atoms with Gasteiger partial charge in [-0.05, 0) is 43.6 Å². The van der Waals surface area contributed by atoms with Gasteiger partial charge in [0.05, 0.1) is 0 Å². The van der Waals surface area contributed by atoms with Crippen LogP contribution in [0.3, 0.4) is 0 Å². The van der Waals surface area contributed by atoms with Crippen molar-refractivity contribution in [3.05, 3.63) is 35.9 Å². The largest absolute Gasteiger partial charge is 0.480 e. The highest BCUT2D eigenvalue weighted by molar-refractivity contribution is 5.91. The molecule has 2 aliphatic rings. The number of carbonyl (C=O) groups is 3. The molecule has 1 unspecified atom stereocenters. The lowest BCUT2D eigenvalue weighted by molar-refractivity contribution is -0.153. The second-order valence-electron chi connectivity index (χ2n) is 8.05. The SMILES string of the molecule is O=C(CC1CCCC1)N[C@@H](Cc1ccccc1)C(=O)N1CCCCC1C(=O)O. The van der Waals surface area contributed by atoms with E-state index in [1.54, 1.807) is 0 Å². The number of rotatable bonds is 7. The van der Waals surface area contributed by atoms with Crippen LogP contribution in [-0.4, -0.2) is 46.4 Å². The topological polar surface area (TPSA) is 86.7 Å². The third-order valence-electron chi connectivity index (χ3n) is 5.94. The van der Waals surface area contributed by atoms with E-state index in [1.807, 2.05) is 30.3 Å². The molecule has 0 aromatic heterocycles. The average Bonchev–Trinajstić information content (AvgIpc) is 3.20. The summed E-state index contributed by atoms with van der Waals surface area (Å²) in [4.78, 5) is 38.9. The van der Waals surface area contributed by atoms with Crippen molar-refractivity contribution in [3.63, 3.8) is 0 Å². The van der Waals surface area contributed by atoms with Gasteiger partial charge in [-0.15, -0.1) is 0 Å². The van der Waals surface area contributed by atoms with Gasteiger partial charge in [0.25, 0.3) is 0 Å². The van der Waals surface area contributed by atoms with Gasteiger partial charge < -0.3 is 15.3 Å². The van der Waals surface area contributed by atoms with Gasteiger partial charge in [-0.1, -0.05) is 43.2 Å². The summed E-state index contributed by atoms with van der Waals surface area (Å²) in [6.07, 6.45) is 7.35. The summed E-state index contributed by atoms with van der Waals surface area (Å²) in [5.74, 6) is -0.959. The normalized spacial score (nSPS) is 21.3. The number of hydrogen-bond acceptors (Lipinski definition) is 3. The molecule has 1 aromatic rings. The smallest absolute Gasteiger partial charge is 0.326 e. The van der Waals surface area contributed by atoms with Gasteiger partial charge in [0.1, 0.15) is 12.1 Å². The lowest BCUT2D eigenvalue weighted by atomic mass is 9.98. The van der Waals surface area contributed by atoms with Crippen molar-refractivity contribution in [2.75, 3.05) is 6.54 Å². The Labute approximate surface area is 166 Å². The molecule has 0 spiro atoms. The number of piperidine rings is 1. The molecule has 2 fully saturated rings. The van der Waals surface area contributed by atoms with E-state index in [0.29, 0.717) is 31.7 Å². The van der Waals surface area contributed by atoms with E-state index in [0.717, 1.165) is 31.2 Å². The van der Waals surface area contributed by atoms with E-state index in [9.17, 15) is 19.5 Å². The summed E-state index contributed by atoms with van der Waals surface area (Å²) in [7, 11) is 0. The second kappa shape index (κ2) is 9.71. The number of nitrogens with one attached hydrogen (secondary N) is 1. The van der Waals surface area contributed by atoms with E-state index >= 15 is 0 Å². The van der Waals surface area contributed by atoms with Crippen molar-refractivity contribution in [2.45, 2.75) is 69.9 Å². The molecule has 3 rings (SSSR count). The molecular formula is C22H30N2O4. The molecule has 6 heteroatoms. The van der Waals surface area contributed by atoms with E-state index in [4.69, 9.17) is 0 Å². The van der Waals surface area contributed by atoms with Crippen molar-refractivity contribution in [2.24, 2.45) is 5.92 Å². The van der Waals surface area contributed by atoms with Crippen LogP contribution in [0.1, 0.15) is 56.9 Å². The van der Waals surface area contributed by atoms with E-state index in [1.165, 1.54) is 17.7 Å². The third-order valence-corrected chi connectivity index (χ3v) is 5.94. The van der Waals surface area contributed by atoms with Crippen LogP contribution in [0.25, 0.3) is 0 Å². The monoisotopic (exact) mass is 386 g/mol. The first-order valence-corrected chi connectivity index (χ1v) is 10.4. The summed E-state index contributed by atoms with van der Waals surface area (Å²) in [5, 5.41) is 12.4. The number of hydrogen-bond donors (Lipinski definition) is 2. The molecule has 0 bridgehead atoms. The number of likely N-dealkylation sites (tertiary alicyclic amines) is 1. The number of aliphatic carboxylic acids is 1. The van der Waals surface area contributed by atoms with Crippen molar-refractivity contribution >= 4 is 17.8 Å². The Morgan fingerprint density at radius 3 is 2.39 bits per heavy atom. The molecule has 1 aliphatic heterocycles. The lowest BCUT2D eigenvalue weighted by Crippen LogP contribution is -2.56. The minimum Gasteiger partial charge on any atom is -0.480 e. The molecule has 152 valence electrons.